The Hall–Kier alpha value is 0.110. The predicted molar refractivity (Wildman–Crippen MR) is 54.2 cm³/mol. The molecule has 1 aromatic rings. The van der Waals surface area contributed by atoms with Crippen LogP contribution in [0, 0.1) is 6.92 Å². The number of nitrogens with zero attached hydrogens (tertiary/aromatic N) is 1. The standard InChI is InChI=1S/C8H9Br2N/c1-6-8(5-10)7(4-9)2-3-11-6/h2-3H,4-5H2,1H3. The molecule has 0 atom stereocenters. The molecule has 0 amide bonds. The zero-order valence-corrected chi connectivity index (χ0v) is 9.44. The summed E-state index contributed by atoms with van der Waals surface area (Å²) in [7, 11) is 0. The van der Waals surface area contributed by atoms with Gasteiger partial charge < -0.3 is 0 Å². The quantitative estimate of drug-likeness (QED) is 0.758. The van der Waals surface area contributed by atoms with Crippen LogP contribution < -0.4 is 0 Å². The average molecular weight is 279 g/mol. The smallest absolute Gasteiger partial charge is 0.0416 e. The summed E-state index contributed by atoms with van der Waals surface area (Å²) in [4.78, 5) is 4.21. The largest absolute Gasteiger partial charge is 0.261 e. The van der Waals surface area contributed by atoms with Gasteiger partial charge in [0.25, 0.3) is 0 Å². The van der Waals surface area contributed by atoms with E-state index in [9.17, 15) is 0 Å². The summed E-state index contributed by atoms with van der Waals surface area (Å²) >= 11 is 6.87. The van der Waals surface area contributed by atoms with Crippen molar-refractivity contribution < 1.29 is 0 Å². The summed E-state index contributed by atoms with van der Waals surface area (Å²) in [6.45, 7) is 2.03. The SMILES string of the molecule is Cc1nccc(CBr)c1CBr. The van der Waals surface area contributed by atoms with Gasteiger partial charge in [-0.1, -0.05) is 31.9 Å². The van der Waals surface area contributed by atoms with E-state index in [-0.39, 0.29) is 0 Å². The van der Waals surface area contributed by atoms with E-state index >= 15 is 0 Å². The lowest BCUT2D eigenvalue weighted by Crippen LogP contribution is -1.94. The maximum absolute atomic E-state index is 4.21. The monoisotopic (exact) mass is 277 g/mol. The number of aryl methyl sites for hydroxylation is 1. The summed E-state index contributed by atoms with van der Waals surface area (Å²) in [6, 6.07) is 2.04. The van der Waals surface area contributed by atoms with E-state index in [2.05, 4.69) is 36.8 Å². The second-order valence-electron chi connectivity index (χ2n) is 2.30. The van der Waals surface area contributed by atoms with E-state index < -0.39 is 0 Å². The van der Waals surface area contributed by atoms with E-state index in [0.29, 0.717) is 0 Å². The predicted octanol–water partition coefficient (Wildman–Crippen LogP) is 3.18. The molecule has 0 aromatic carbocycles. The highest BCUT2D eigenvalue weighted by molar-refractivity contribution is 9.09. The summed E-state index contributed by atoms with van der Waals surface area (Å²) in [6.07, 6.45) is 1.85. The number of pyridine rings is 1. The van der Waals surface area contributed by atoms with E-state index in [4.69, 9.17) is 0 Å². The van der Waals surface area contributed by atoms with Gasteiger partial charge in [0.2, 0.25) is 0 Å². The van der Waals surface area contributed by atoms with Crippen LogP contribution in [0.25, 0.3) is 0 Å². The molecular formula is C8H9Br2N. The second-order valence-corrected chi connectivity index (χ2v) is 3.42. The van der Waals surface area contributed by atoms with Gasteiger partial charge in [-0.15, -0.1) is 0 Å². The lowest BCUT2D eigenvalue weighted by molar-refractivity contribution is 1.11. The number of aromatic nitrogens is 1. The number of halogens is 2. The minimum atomic E-state index is 0.883. The van der Waals surface area contributed by atoms with Gasteiger partial charge in [-0.2, -0.15) is 0 Å². The van der Waals surface area contributed by atoms with Crippen LogP contribution in [0.15, 0.2) is 12.3 Å². The molecule has 0 N–H and O–H groups in total. The highest BCUT2D eigenvalue weighted by Crippen LogP contribution is 2.17. The maximum atomic E-state index is 4.21. The van der Waals surface area contributed by atoms with Crippen LogP contribution in [-0.2, 0) is 10.7 Å². The van der Waals surface area contributed by atoms with Gasteiger partial charge in [0.1, 0.15) is 0 Å². The van der Waals surface area contributed by atoms with Crippen molar-refractivity contribution in [3.8, 4) is 0 Å². The second kappa shape index (κ2) is 4.21. The highest BCUT2D eigenvalue weighted by Gasteiger charge is 2.02. The number of alkyl halides is 2. The minimum Gasteiger partial charge on any atom is -0.261 e. The van der Waals surface area contributed by atoms with E-state index in [1.807, 2.05) is 19.2 Å². The summed E-state index contributed by atoms with van der Waals surface area (Å²) in [5.74, 6) is 0. The van der Waals surface area contributed by atoms with Crippen LogP contribution in [0.4, 0.5) is 0 Å². The Labute approximate surface area is 83.5 Å². The third-order valence-electron chi connectivity index (χ3n) is 1.65. The van der Waals surface area contributed by atoms with Crippen molar-refractivity contribution in [2.75, 3.05) is 0 Å². The molecule has 0 aliphatic rings. The molecule has 0 aliphatic heterocycles. The molecule has 11 heavy (non-hydrogen) atoms. The van der Waals surface area contributed by atoms with Crippen molar-refractivity contribution >= 4 is 31.9 Å². The first kappa shape index (κ1) is 9.20. The Morgan fingerprint density at radius 2 is 2.09 bits per heavy atom. The molecule has 0 saturated heterocycles. The molecule has 1 rings (SSSR count). The van der Waals surface area contributed by atoms with E-state index in [0.717, 1.165) is 16.4 Å². The fourth-order valence-electron chi connectivity index (χ4n) is 0.958. The molecular weight excluding hydrogens is 270 g/mol. The van der Waals surface area contributed by atoms with Gasteiger partial charge in [-0.3, -0.25) is 4.98 Å². The van der Waals surface area contributed by atoms with Crippen molar-refractivity contribution in [2.45, 2.75) is 17.6 Å². The summed E-state index contributed by atoms with van der Waals surface area (Å²) in [5, 5.41) is 1.78. The molecule has 0 unspecified atom stereocenters. The van der Waals surface area contributed by atoms with Gasteiger partial charge in [0.15, 0.2) is 0 Å². The zero-order valence-electron chi connectivity index (χ0n) is 6.27. The average Bonchev–Trinajstić information content (AvgIpc) is 2.04. The van der Waals surface area contributed by atoms with Gasteiger partial charge in [0, 0.05) is 22.6 Å². The van der Waals surface area contributed by atoms with Crippen LogP contribution in [0.2, 0.25) is 0 Å². The molecule has 0 bridgehead atoms. The first-order chi connectivity index (χ1) is 5.29. The van der Waals surface area contributed by atoms with Crippen LogP contribution in [0.3, 0.4) is 0 Å². The molecule has 0 spiro atoms. The van der Waals surface area contributed by atoms with Crippen molar-refractivity contribution in [1.29, 1.82) is 0 Å². The number of rotatable bonds is 2. The minimum absolute atomic E-state index is 0.883. The topological polar surface area (TPSA) is 12.9 Å². The van der Waals surface area contributed by atoms with Crippen LogP contribution in [0.5, 0.6) is 0 Å². The molecule has 3 heteroatoms. The van der Waals surface area contributed by atoms with E-state index in [1.165, 1.54) is 11.1 Å². The van der Waals surface area contributed by atoms with Crippen molar-refractivity contribution in [3.63, 3.8) is 0 Å². The van der Waals surface area contributed by atoms with Gasteiger partial charge in [-0.25, -0.2) is 0 Å². The lowest BCUT2D eigenvalue weighted by Gasteiger charge is -2.05. The first-order valence-corrected chi connectivity index (χ1v) is 5.59. The Morgan fingerprint density at radius 3 is 2.55 bits per heavy atom. The molecule has 1 nitrogen and oxygen atoms in total. The van der Waals surface area contributed by atoms with Gasteiger partial charge in [-0.05, 0) is 24.1 Å². The zero-order chi connectivity index (χ0) is 8.27. The lowest BCUT2D eigenvalue weighted by atomic mass is 10.1. The molecule has 0 saturated carbocycles. The summed E-state index contributed by atoms with van der Waals surface area (Å²) in [5.41, 5.74) is 3.72. The first-order valence-electron chi connectivity index (χ1n) is 3.35. The molecule has 60 valence electrons. The Morgan fingerprint density at radius 1 is 1.36 bits per heavy atom. The molecule has 1 heterocycles. The van der Waals surface area contributed by atoms with E-state index in [1.54, 1.807) is 0 Å². The van der Waals surface area contributed by atoms with Crippen molar-refractivity contribution in [3.05, 3.63) is 29.1 Å². The van der Waals surface area contributed by atoms with Crippen LogP contribution in [-0.4, -0.2) is 4.98 Å². The number of hydrogen-bond acceptors (Lipinski definition) is 1. The normalized spacial score (nSPS) is 10.1. The molecule has 1 aromatic heterocycles. The molecule has 0 aliphatic carbocycles. The molecule has 0 radical (unpaired) electrons. The fourth-order valence-corrected chi connectivity index (χ4v) is 2.25. The van der Waals surface area contributed by atoms with Gasteiger partial charge in [0.05, 0.1) is 0 Å². The van der Waals surface area contributed by atoms with Crippen molar-refractivity contribution in [1.82, 2.24) is 4.98 Å². The Kier molecular flexibility index (Phi) is 3.52. The Bertz CT molecular complexity index is 248. The maximum Gasteiger partial charge on any atom is 0.0416 e. The molecule has 0 fully saturated rings. The third-order valence-corrected chi connectivity index (χ3v) is 2.81. The highest BCUT2D eigenvalue weighted by atomic mass is 79.9. The van der Waals surface area contributed by atoms with Crippen molar-refractivity contribution in [2.24, 2.45) is 0 Å². The summed E-state index contributed by atoms with van der Waals surface area (Å²) < 4.78 is 0. The number of hydrogen-bond donors (Lipinski definition) is 0. The van der Waals surface area contributed by atoms with Crippen LogP contribution in [0.1, 0.15) is 16.8 Å². The third kappa shape index (κ3) is 2.03. The Balaban J connectivity index is 3.13. The fraction of sp³-hybridized carbons (Fsp3) is 0.375. The van der Waals surface area contributed by atoms with Crippen LogP contribution >= 0.6 is 31.9 Å². The van der Waals surface area contributed by atoms with Gasteiger partial charge >= 0.3 is 0 Å².